The number of hydrogen-bond donors (Lipinski definition) is 0. The van der Waals surface area contributed by atoms with Gasteiger partial charge in [-0.3, -0.25) is 4.79 Å². The summed E-state index contributed by atoms with van der Waals surface area (Å²) >= 11 is 6.21. The molecule has 1 aromatic heterocycles. The van der Waals surface area contributed by atoms with Crippen molar-refractivity contribution in [2.45, 2.75) is 25.4 Å². The van der Waals surface area contributed by atoms with Gasteiger partial charge in [0.05, 0.1) is 23.8 Å². The quantitative estimate of drug-likeness (QED) is 0.556. The van der Waals surface area contributed by atoms with Gasteiger partial charge in [-0.1, -0.05) is 29.8 Å². The standard InChI is InChI=1S/C18H15ClF3NO2/c1-2-25-17(24)14-9-13(14)12-6-7-15(23-16(12)19)10-4-3-5-11(8-10)18(20,21)22/h3-8,13-14H,2,9H2,1H3/t13-,14+/m0/s1. The van der Waals surface area contributed by atoms with Crippen molar-refractivity contribution in [2.75, 3.05) is 6.61 Å². The van der Waals surface area contributed by atoms with Crippen molar-refractivity contribution in [3.63, 3.8) is 0 Å². The molecular weight excluding hydrogens is 355 g/mol. The molecule has 0 amide bonds. The highest BCUT2D eigenvalue weighted by Gasteiger charge is 2.46. The SMILES string of the molecule is CCOC(=O)[C@@H]1C[C@H]1c1ccc(-c2cccc(C(F)(F)F)c2)nc1Cl. The van der Waals surface area contributed by atoms with E-state index in [4.69, 9.17) is 16.3 Å². The van der Waals surface area contributed by atoms with Crippen molar-refractivity contribution in [3.05, 3.63) is 52.7 Å². The van der Waals surface area contributed by atoms with Gasteiger partial charge in [0.15, 0.2) is 0 Å². The minimum absolute atomic E-state index is 0.0467. The number of hydrogen-bond acceptors (Lipinski definition) is 3. The molecule has 1 saturated carbocycles. The molecule has 3 rings (SSSR count). The molecule has 2 atom stereocenters. The summed E-state index contributed by atoms with van der Waals surface area (Å²) in [5.74, 6) is -0.529. The van der Waals surface area contributed by atoms with Crippen LogP contribution in [0.5, 0.6) is 0 Å². The summed E-state index contributed by atoms with van der Waals surface area (Å²) in [4.78, 5) is 15.9. The highest BCUT2D eigenvalue weighted by Crippen LogP contribution is 2.50. The zero-order valence-corrected chi connectivity index (χ0v) is 14.1. The van der Waals surface area contributed by atoms with Crippen LogP contribution in [0, 0.1) is 5.92 Å². The van der Waals surface area contributed by atoms with E-state index in [1.807, 2.05) is 0 Å². The highest BCUT2D eigenvalue weighted by molar-refractivity contribution is 6.30. The Hall–Kier alpha value is -2.08. The fourth-order valence-electron chi connectivity index (χ4n) is 2.79. The number of halogens is 4. The Morgan fingerprint density at radius 3 is 2.72 bits per heavy atom. The maximum atomic E-state index is 12.8. The summed E-state index contributed by atoms with van der Waals surface area (Å²) < 4.78 is 43.5. The number of carbonyl (C=O) groups excluding carboxylic acids is 1. The maximum Gasteiger partial charge on any atom is 0.416 e. The van der Waals surface area contributed by atoms with E-state index in [1.165, 1.54) is 6.07 Å². The number of pyridine rings is 1. The molecule has 0 N–H and O–H groups in total. The van der Waals surface area contributed by atoms with Crippen molar-refractivity contribution in [1.82, 2.24) is 4.98 Å². The molecule has 132 valence electrons. The van der Waals surface area contributed by atoms with Crippen molar-refractivity contribution in [3.8, 4) is 11.3 Å². The van der Waals surface area contributed by atoms with Crippen LogP contribution in [0.1, 0.15) is 30.4 Å². The van der Waals surface area contributed by atoms with E-state index in [2.05, 4.69) is 4.98 Å². The summed E-state index contributed by atoms with van der Waals surface area (Å²) in [6, 6.07) is 8.27. The van der Waals surface area contributed by atoms with E-state index in [-0.39, 0.29) is 23.0 Å². The minimum Gasteiger partial charge on any atom is -0.466 e. The first kappa shape index (κ1) is 17.7. The molecule has 0 bridgehead atoms. The van der Waals surface area contributed by atoms with Gasteiger partial charge in [0.2, 0.25) is 0 Å². The van der Waals surface area contributed by atoms with Crippen molar-refractivity contribution >= 4 is 17.6 Å². The lowest BCUT2D eigenvalue weighted by atomic mass is 10.1. The van der Waals surface area contributed by atoms with Crippen LogP contribution in [0.4, 0.5) is 13.2 Å². The lowest BCUT2D eigenvalue weighted by Crippen LogP contribution is -2.07. The Morgan fingerprint density at radius 1 is 1.32 bits per heavy atom. The second kappa shape index (κ2) is 6.67. The predicted octanol–water partition coefficient (Wildman–Crippen LogP) is 5.09. The molecule has 1 aromatic carbocycles. The molecule has 7 heteroatoms. The lowest BCUT2D eigenvalue weighted by Gasteiger charge is -2.10. The number of alkyl halides is 3. The summed E-state index contributed by atoms with van der Waals surface area (Å²) in [6.07, 6.45) is -3.77. The largest absolute Gasteiger partial charge is 0.466 e. The van der Waals surface area contributed by atoms with Crippen LogP contribution < -0.4 is 0 Å². The topological polar surface area (TPSA) is 39.2 Å². The number of esters is 1. The monoisotopic (exact) mass is 369 g/mol. The van der Waals surface area contributed by atoms with Crippen LogP contribution in [0.15, 0.2) is 36.4 Å². The number of ether oxygens (including phenoxy) is 1. The normalized spacial score (nSPS) is 19.6. The van der Waals surface area contributed by atoms with E-state index in [0.717, 1.165) is 17.7 Å². The lowest BCUT2D eigenvalue weighted by molar-refractivity contribution is -0.144. The third kappa shape index (κ3) is 3.79. The van der Waals surface area contributed by atoms with Gasteiger partial charge in [0.1, 0.15) is 5.15 Å². The molecule has 0 spiro atoms. The fraction of sp³-hybridized carbons (Fsp3) is 0.333. The molecule has 25 heavy (non-hydrogen) atoms. The van der Waals surface area contributed by atoms with Gasteiger partial charge >= 0.3 is 12.1 Å². The summed E-state index contributed by atoms with van der Waals surface area (Å²) in [5, 5.41) is 0.201. The average Bonchev–Trinajstić information content (AvgIpc) is 3.35. The smallest absolute Gasteiger partial charge is 0.416 e. The number of nitrogens with zero attached hydrogens (tertiary/aromatic N) is 1. The van der Waals surface area contributed by atoms with Gasteiger partial charge in [0.25, 0.3) is 0 Å². The van der Waals surface area contributed by atoms with Crippen LogP contribution in [0.3, 0.4) is 0 Å². The molecule has 1 fully saturated rings. The Labute approximate surface area is 147 Å². The summed E-state index contributed by atoms with van der Waals surface area (Å²) in [5.41, 5.74) is 0.668. The first-order valence-electron chi connectivity index (χ1n) is 7.82. The van der Waals surface area contributed by atoms with Gasteiger partial charge in [-0.25, -0.2) is 4.98 Å². The Morgan fingerprint density at radius 2 is 2.08 bits per heavy atom. The van der Waals surface area contributed by atoms with Gasteiger partial charge in [-0.2, -0.15) is 13.2 Å². The molecule has 0 unspecified atom stereocenters. The van der Waals surface area contributed by atoms with Crippen LogP contribution >= 0.6 is 11.6 Å². The second-order valence-corrected chi connectivity index (χ2v) is 6.21. The van der Waals surface area contributed by atoms with Gasteiger partial charge < -0.3 is 4.74 Å². The van der Waals surface area contributed by atoms with Gasteiger partial charge in [-0.15, -0.1) is 0 Å². The fourth-order valence-corrected chi connectivity index (χ4v) is 3.08. The van der Waals surface area contributed by atoms with E-state index >= 15 is 0 Å². The molecule has 1 heterocycles. The highest BCUT2D eigenvalue weighted by atomic mass is 35.5. The molecular formula is C18H15ClF3NO2. The van der Waals surface area contributed by atoms with E-state index in [1.54, 1.807) is 25.1 Å². The Bertz CT molecular complexity index is 807. The zero-order chi connectivity index (χ0) is 18.2. The Kier molecular flexibility index (Phi) is 4.73. The van der Waals surface area contributed by atoms with Gasteiger partial charge in [-0.05, 0) is 37.1 Å². The first-order chi connectivity index (χ1) is 11.8. The third-order valence-electron chi connectivity index (χ3n) is 4.14. The number of rotatable bonds is 4. The van der Waals surface area contributed by atoms with Crippen LogP contribution in [-0.4, -0.2) is 17.6 Å². The molecule has 2 aromatic rings. The number of carbonyl (C=O) groups is 1. The molecule has 3 nitrogen and oxygen atoms in total. The van der Waals surface area contributed by atoms with Crippen molar-refractivity contribution < 1.29 is 22.7 Å². The summed E-state index contributed by atoms with van der Waals surface area (Å²) in [7, 11) is 0. The summed E-state index contributed by atoms with van der Waals surface area (Å²) in [6.45, 7) is 2.07. The van der Waals surface area contributed by atoms with E-state index in [0.29, 0.717) is 24.3 Å². The van der Waals surface area contributed by atoms with E-state index in [9.17, 15) is 18.0 Å². The molecule has 1 aliphatic rings. The maximum absolute atomic E-state index is 12.8. The molecule has 1 aliphatic carbocycles. The Balaban J connectivity index is 1.83. The van der Waals surface area contributed by atoms with Crippen LogP contribution in [0.2, 0.25) is 5.15 Å². The predicted molar refractivity (Wildman–Crippen MR) is 87.2 cm³/mol. The van der Waals surface area contributed by atoms with Crippen molar-refractivity contribution in [1.29, 1.82) is 0 Å². The van der Waals surface area contributed by atoms with E-state index < -0.39 is 11.7 Å². The zero-order valence-electron chi connectivity index (χ0n) is 13.3. The number of aromatic nitrogens is 1. The first-order valence-corrected chi connectivity index (χ1v) is 8.19. The molecule has 0 radical (unpaired) electrons. The van der Waals surface area contributed by atoms with Crippen molar-refractivity contribution in [2.24, 2.45) is 5.92 Å². The number of benzene rings is 1. The van der Waals surface area contributed by atoms with Gasteiger partial charge in [0, 0.05) is 11.5 Å². The van der Waals surface area contributed by atoms with Crippen LogP contribution in [-0.2, 0) is 15.7 Å². The van der Waals surface area contributed by atoms with Crippen LogP contribution in [0.25, 0.3) is 11.3 Å². The molecule has 0 saturated heterocycles. The average molecular weight is 370 g/mol. The third-order valence-corrected chi connectivity index (χ3v) is 4.45. The minimum atomic E-state index is -4.42. The second-order valence-electron chi connectivity index (χ2n) is 5.86. The molecule has 0 aliphatic heterocycles.